The van der Waals surface area contributed by atoms with Crippen molar-refractivity contribution in [2.75, 3.05) is 0 Å². The van der Waals surface area contributed by atoms with Gasteiger partial charge in [-0.25, -0.2) is 4.79 Å². The van der Waals surface area contributed by atoms with Crippen molar-refractivity contribution in [1.82, 2.24) is 0 Å². The third-order valence-electron chi connectivity index (χ3n) is 3.15. The summed E-state index contributed by atoms with van der Waals surface area (Å²) in [6.45, 7) is 5.65. The standard InChI is InChI=1S/C13H9Cl2F3O4.C2H6/c1-2-4-7(14)5-3-6(12(20)21)11(13(16,17)18)22-10(5)8(15)9(4)19;1-2/h3,11,19H,2H2,1H3,(H,20,21);1-2H3. The predicted molar refractivity (Wildman–Crippen MR) is 84.9 cm³/mol. The summed E-state index contributed by atoms with van der Waals surface area (Å²) in [6, 6.07) is 0. The van der Waals surface area contributed by atoms with Crippen LogP contribution in [0.25, 0.3) is 6.08 Å². The van der Waals surface area contributed by atoms with Crippen LogP contribution in [0.15, 0.2) is 5.57 Å². The molecular weight excluding hydrogens is 372 g/mol. The van der Waals surface area contributed by atoms with Gasteiger partial charge < -0.3 is 14.9 Å². The molecule has 2 rings (SSSR count). The zero-order valence-corrected chi connectivity index (χ0v) is 14.5. The highest BCUT2D eigenvalue weighted by molar-refractivity contribution is 6.37. The van der Waals surface area contributed by atoms with Gasteiger partial charge in [0.1, 0.15) is 10.8 Å². The van der Waals surface area contributed by atoms with Crippen molar-refractivity contribution in [3.8, 4) is 11.5 Å². The van der Waals surface area contributed by atoms with Gasteiger partial charge in [0.25, 0.3) is 0 Å². The Labute approximate surface area is 146 Å². The van der Waals surface area contributed by atoms with Crippen LogP contribution < -0.4 is 4.74 Å². The Hall–Kier alpha value is -1.60. The second-order valence-corrected chi connectivity index (χ2v) is 5.25. The molecule has 2 N–H and O–H groups in total. The molecule has 0 saturated heterocycles. The highest BCUT2D eigenvalue weighted by Gasteiger charge is 2.49. The molecule has 4 nitrogen and oxygen atoms in total. The number of hydrogen-bond acceptors (Lipinski definition) is 3. The molecule has 9 heteroatoms. The first-order valence-corrected chi connectivity index (χ1v) is 7.76. The zero-order chi connectivity index (χ0) is 18.8. The number of benzene rings is 1. The maximum Gasteiger partial charge on any atom is 0.430 e. The molecule has 24 heavy (non-hydrogen) atoms. The predicted octanol–water partition coefficient (Wildman–Crippen LogP) is 5.08. The molecule has 1 aliphatic heterocycles. The lowest BCUT2D eigenvalue weighted by atomic mass is 9.98. The maximum absolute atomic E-state index is 13.0. The Morgan fingerprint density at radius 2 is 1.83 bits per heavy atom. The van der Waals surface area contributed by atoms with Crippen LogP contribution in [0.3, 0.4) is 0 Å². The van der Waals surface area contributed by atoms with Crippen molar-refractivity contribution in [2.45, 2.75) is 39.5 Å². The lowest BCUT2D eigenvalue weighted by molar-refractivity contribution is -0.187. The molecule has 0 aromatic heterocycles. The number of hydrogen-bond donors (Lipinski definition) is 2. The fraction of sp³-hybridized carbons (Fsp3) is 0.400. The van der Waals surface area contributed by atoms with E-state index in [1.165, 1.54) is 0 Å². The van der Waals surface area contributed by atoms with E-state index in [2.05, 4.69) is 0 Å². The maximum atomic E-state index is 13.0. The van der Waals surface area contributed by atoms with E-state index < -0.39 is 40.3 Å². The van der Waals surface area contributed by atoms with Crippen molar-refractivity contribution in [1.29, 1.82) is 0 Å². The second-order valence-electron chi connectivity index (χ2n) is 4.50. The minimum Gasteiger partial charge on any atom is -0.506 e. The molecule has 0 radical (unpaired) electrons. The minimum atomic E-state index is -4.96. The second kappa shape index (κ2) is 7.53. The van der Waals surface area contributed by atoms with Gasteiger partial charge in [0.2, 0.25) is 6.10 Å². The first-order chi connectivity index (χ1) is 11.1. The van der Waals surface area contributed by atoms with Gasteiger partial charge in [0, 0.05) is 11.1 Å². The number of aromatic hydroxyl groups is 1. The molecule has 0 spiro atoms. The van der Waals surface area contributed by atoms with Crippen molar-refractivity contribution in [2.24, 2.45) is 0 Å². The van der Waals surface area contributed by atoms with Crippen LogP contribution >= 0.6 is 23.2 Å². The van der Waals surface area contributed by atoms with Gasteiger partial charge in [0.05, 0.1) is 10.6 Å². The first-order valence-electron chi connectivity index (χ1n) is 7.00. The van der Waals surface area contributed by atoms with Crippen LogP contribution in [-0.4, -0.2) is 28.5 Å². The van der Waals surface area contributed by atoms with Crippen LogP contribution in [0.2, 0.25) is 10.0 Å². The van der Waals surface area contributed by atoms with Gasteiger partial charge in [-0.15, -0.1) is 0 Å². The van der Waals surface area contributed by atoms with E-state index in [1.807, 2.05) is 13.8 Å². The third-order valence-corrected chi connectivity index (χ3v) is 3.94. The number of carboxylic acids is 1. The monoisotopic (exact) mass is 386 g/mol. The number of ether oxygens (including phenoxy) is 1. The van der Waals surface area contributed by atoms with E-state index in [0.29, 0.717) is 0 Å². The molecule has 0 aliphatic carbocycles. The average Bonchev–Trinajstić information content (AvgIpc) is 2.53. The van der Waals surface area contributed by atoms with Crippen LogP contribution in [0, 0.1) is 0 Å². The number of alkyl halides is 3. The quantitative estimate of drug-likeness (QED) is 0.743. The number of halogens is 5. The molecule has 1 atom stereocenters. The van der Waals surface area contributed by atoms with E-state index in [1.54, 1.807) is 6.92 Å². The van der Waals surface area contributed by atoms with Crippen molar-refractivity contribution in [3.63, 3.8) is 0 Å². The summed E-state index contributed by atoms with van der Waals surface area (Å²) in [7, 11) is 0. The Bertz CT molecular complexity index is 685. The number of phenols is 1. The number of carboxylic acid groups (broad SMARTS) is 1. The van der Waals surface area contributed by atoms with E-state index >= 15 is 0 Å². The summed E-state index contributed by atoms with van der Waals surface area (Å²) in [5.74, 6) is -2.76. The molecule has 1 aliphatic rings. The molecule has 0 fully saturated rings. The Balaban J connectivity index is 0.00000139. The Morgan fingerprint density at radius 1 is 1.29 bits per heavy atom. The van der Waals surface area contributed by atoms with Crippen molar-refractivity contribution >= 4 is 35.2 Å². The largest absolute Gasteiger partial charge is 0.506 e. The number of aliphatic carboxylic acids is 1. The lowest BCUT2D eigenvalue weighted by Crippen LogP contribution is -2.40. The molecule has 1 heterocycles. The van der Waals surface area contributed by atoms with Crippen molar-refractivity contribution < 1.29 is 32.9 Å². The van der Waals surface area contributed by atoms with Crippen LogP contribution in [-0.2, 0) is 11.2 Å². The highest BCUT2D eigenvalue weighted by Crippen LogP contribution is 2.49. The summed E-state index contributed by atoms with van der Waals surface area (Å²) in [5.41, 5.74) is -0.912. The molecule has 0 bridgehead atoms. The van der Waals surface area contributed by atoms with Gasteiger partial charge in [-0.2, -0.15) is 13.2 Å². The number of carbonyl (C=O) groups is 1. The lowest BCUT2D eigenvalue weighted by Gasteiger charge is -2.29. The van der Waals surface area contributed by atoms with Gasteiger partial charge >= 0.3 is 12.1 Å². The topological polar surface area (TPSA) is 66.8 Å². The van der Waals surface area contributed by atoms with Gasteiger partial charge in [-0.3, -0.25) is 0 Å². The van der Waals surface area contributed by atoms with Crippen LogP contribution in [0.1, 0.15) is 31.9 Å². The fourth-order valence-electron chi connectivity index (χ4n) is 2.12. The van der Waals surface area contributed by atoms with E-state index in [-0.39, 0.29) is 22.6 Å². The zero-order valence-electron chi connectivity index (χ0n) is 13.0. The summed E-state index contributed by atoms with van der Waals surface area (Å²) in [4.78, 5) is 11.1. The first kappa shape index (κ1) is 20.4. The van der Waals surface area contributed by atoms with Crippen LogP contribution in [0.4, 0.5) is 13.2 Å². The molecule has 1 aromatic carbocycles. The Morgan fingerprint density at radius 3 is 2.25 bits per heavy atom. The summed E-state index contributed by atoms with van der Waals surface area (Å²) < 4.78 is 43.6. The summed E-state index contributed by atoms with van der Waals surface area (Å²) >= 11 is 11.9. The SMILES string of the molecule is CC.CCc1c(O)c(Cl)c2c(c1Cl)C=C(C(=O)O)C(C(F)(F)F)O2. The summed E-state index contributed by atoms with van der Waals surface area (Å²) in [6.07, 6.45) is -6.64. The van der Waals surface area contributed by atoms with E-state index in [9.17, 15) is 23.1 Å². The van der Waals surface area contributed by atoms with Gasteiger partial charge in [-0.05, 0) is 12.5 Å². The smallest absolute Gasteiger partial charge is 0.430 e. The summed E-state index contributed by atoms with van der Waals surface area (Å²) in [5, 5.41) is 18.3. The van der Waals surface area contributed by atoms with Gasteiger partial charge in [0.15, 0.2) is 5.75 Å². The molecule has 0 amide bonds. The highest BCUT2D eigenvalue weighted by atomic mass is 35.5. The normalized spacial score (nSPS) is 16.3. The van der Waals surface area contributed by atoms with Gasteiger partial charge in [-0.1, -0.05) is 44.0 Å². The molecule has 1 unspecified atom stereocenters. The van der Waals surface area contributed by atoms with Crippen molar-refractivity contribution in [3.05, 3.63) is 26.7 Å². The van der Waals surface area contributed by atoms with Crippen LogP contribution in [0.5, 0.6) is 11.5 Å². The third kappa shape index (κ3) is 3.57. The average molecular weight is 387 g/mol. The minimum absolute atomic E-state index is 0.0979. The van der Waals surface area contributed by atoms with E-state index in [4.69, 9.17) is 33.0 Å². The van der Waals surface area contributed by atoms with E-state index in [0.717, 1.165) is 6.08 Å². The number of phenolic OH excluding ortho intramolecular Hbond substituents is 1. The fourth-order valence-corrected chi connectivity index (χ4v) is 2.74. The number of fused-ring (bicyclic) bond motifs is 1. The molecule has 134 valence electrons. The molecule has 1 aromatic rings. The molecule has 0 saturated carbocycles. The number of rotatable bonds is 2. The molecular formula is C15H15Cl2F3O4. The Kier molecular flexibility index (Phi) is 6.41.